The Morgan fingerprint density at radius 1 is 1.05 bits per heavy atom. The number of ether oxygens (including phenoxy) is 3. The summed E-state index contributed by atoms with van der Waals surface area (Å²) >= 11 is 0. The van der Waals surface area contributed by atoms with Gasteiger partial charge in [0.15, 0.2) is 11.5 Å². The van der Waals surface area contributed by atoms with E-state index in [1.165, 1.54) is 4.90 Å². The molecule has 3 aliphatic rings. The molecule has 2 aromatic carbocycles. The van der Waals surface area contributed by atoms with Crippen LogP contribution >= 0.6 is 0 Å². The van der Waals surface area contributed by atoms with Crippen molar-refractivity contribution < 1.29 is 28.6 Å². The maximum absolute atomic E-state index is 14.1. The van der Waals surface area contributed by atoms with Gasteiger partial charge in [0.2, 0.25) is 11.8 Å². The number of nitrogens with one attached hydrogen (secondary N) is 1. The van der Waals surface area contributed by atoms with Gasteiger partial charge in [-0.2, -0.15) is 0 Å². The largest absolute Gasteiger partial charge is 0.486 e. The number of benzene rings is 2. The van der Waals surface area contributed by atoms with E-state index in [1.54, 1.807) is 25.1 Å². The normalized spacial score (nSPS) is 26.3. The summed E-state index contributed by atoms with van der Waals surface area (Å²) in [5.41, 5.74) is 0.947. The van der Waals surface area contributed by atoms with Crippen LogP contribution in [0.25, 0.3) is 0 Å². The number of carbonyl (C=O) groups is 3. The molecule has 0 unspecified atom stereocenters. The van der Waals surface area contributed by atoms with Crippen LogP contribution in [0.2, 0.25) is 0 Å². The van der Waals surface area contributed by atoms with Gasteiger partial charge in [-0.05, 0) is 43.2 Å². The van der Waals surface area contributed by atoms with E-state index in [0.717, 1.165) is 11.3 Å². The van der Waals surface area contributed by atoms with Crippen LogP contribution in [0.4, 0.5) is 11.4 Å². The van der Waals surface area contributed by atoms with E-state index in [4.69, 9.17) is 14.2 Å². The van der Waals surface area contributed by atoms with Gasteiger partial charge in [0, 0.05) is 31.9 Å². The van der Waals surface area contributed by atoms with Crippen LogP contribution in [0.5, 0.6) is 11.5 Å². The molecular formula is C28H33N3O6. The molecule has 1 N–H and O–H groups in total. The second-order valence-electron chi connectivity index (χ2n) is 9.89. The molecule has 5 rings (SSSR count). The quantitative estimate of drug-likeness (QED) is 0.451. The summed E-state index contributed by atoms with van der Waals surface area (Å²) in [5.74, 6) is -1.85. The SMILES string of the molecule is CCC[C@]1(C(=O)OCC)N[C@@H](c2ccc(N(C)C)cc2)[C@H]2C(=O)N(c3ccc4c(c3)OCCO4)C(=O)[C@@H]21. The zero-order valence-electron chi connectivity index (χ0n) is 21.7. The van der Waals surface area contributed by atoms with E-state index in [0.29, 0.717) is 43.2 Å². The Hall–Kier alpha value is -3.59. The van der Waals surface area contributed by atoms with E-state index in [2.05, 4.69) is 5.32 Å². The molecule has 37 heavy (non-hydrogen) atoms. The fraction of sp³-hybridized carbons (Fsp3) is 0.464. The summed E-state index contributed by atoms with van der Waals surface area (Å²) in [6.45, 7) is 4.71. The van der Waals surface area contributed by atoms with E-state index in [9.17, 15) is 14.4 Å². The lowest BCUT2D eigenvalue weighted by molar-refractivity contribution is -0.155. The molecule has 196 valence electrons. The molecule has 3 aliphatic heterocycles. The topological polar surface area (TPSA) is 97.4 Å². The van der Waals surface area contributed by atoms with Gasteiger partial charge >= 0.3 is 5.97 Å². The molecule has 0 radical (unpaired) electrons. The number of carbonyl (C=O) groups excluding carboxylic acids is 3. The number of imide groups is 1. The Balaban J connectivity index is 1.60. The van der Waals surface area contributed by atoms with Gasteiger partial charge in [-0.25, -0.2) is 4.90 Å². The first-order valence-electron chi connectivity index (χ1n) is 12.8. The summed E-state index contributed by atoms with van der Waals surface area (Å²) in [5, 5.41) is 3.44. The van der Waals surface area contributed by atoms with Gasteiger partial charge in [0.25, 0.3) is 0 Å². The Labute approximate surface area is 216 Å². The Kier molecular flexibility index (Phi) is 6.58. The van der Waals surface area contributed by atoms with Crippen LogP contribution in [-0.2, 0) is 19.1 Å². The van der Waals surface area contributed by atoms with Crippen molar-refractivity contribution in [1.29, 1.82) is 0 Å². The average molecular weight is 508 g/mol. The molecule has 0 bridgehead atoms. The second kappa shape index (κ2) is 9.70. The molecule has 2 saturated heterocycles. The smallest absolute Gasteiger partial charge is 0.327 e. The molecular weight excluding hydrogens is 474 g/mol. The van der Waals surface area contributed by atoms with Crippen molar-refractivity contribution in [3.8, 4) is 11.5 Å². The summed E-state index contributed by atoms with van der Waals surface area (Å²) in [6, 6.07) is 12.3. The fourth-order valence-corrected chi connectivity index (χ4v) is 5.87. The molecule has 9 nitrogen and oxygen atoms in total. The van der Waals surface area contributed by atoms with E-state index < -0.39 is 35.3 Å². The number of nitrogens with zero attached hydrogens (tertiary/aromatic N) is 2. The van der Waals surface area contributed by atoms with Crippen LogP contribution in [0.3, 0.4) is 0 Å². The molecule has 3 heterocycles. The first-order chi connectivity index (χ1) is 17.8. The zero-order chi connectivity index (χ0) is 26.3. The van der Waals surface area contributed by atoms with Crippen molar-refractivity contribution in [2.24, 2.45) is 11.8 Å². The summed E-state index contributed by atoms with van der Waals surface area (Å²) in [6.07, 6.45) is 1.00. The highest BCUT2D eigenvalue weighted by molar-refractivity contribution is 6.24. The van der Waals surface area contributed by atoms with E-state index in [1.807, 2.05) is 50.2 Å². The highest BCUT2D eigenvalue weighted by Gasteiger charge is 2.68. The van der Waals surface area contributed by atoms with Crippen molar-refractivity contribution in [2.45, 2.75) is 38.3 Å². The van der Waals surface area contributed by atoms with Gasteiger partial charge in [-0.1, -0.05) is 25.5 Å². The van der Waals surface area contributed by atoms with Crippen molar-refractivity contribution in [2.75, 3.05) is 43.7 Å². The lowest BCUT2D eigenvalue weighted by Gasteiger charge is -2.32. The first-order valence-corrected chi connectivity index (χ1v) is 12.8. The lowest BCUT2D eigenvalue weighted by Crippen LogP contribution is -2.56. The van der Waals surface area contributed by atoms with Crippen molar-refractivity contribution in [3.05, 3.63) is 48.0 Å². The molecule has 2 aromatic rings. The molecule has 0 saturated carbocycles. The molecule has 4 atom stereocenters. The molecule has 0 aliphatic carbocycles. The van der Waals surface area contributed by atoms with Crippen LogP contribution in [0.15, 0.2) is 42.5 Å². The van der Waals surface area contributed by atoms with Crippen molar-refractivity contribution >= 4 is 29.2 Å². The van der Waals surface area contributed by atoms with Crippen LogP contribution in [0.1, 0.15) is 38.3 Å². The van der Waals surface area contributed by atoms with Gasteiger partial charge in [-0.3, -0.25) is 19.7 Å². The van der Waals surface area contributed by atoms with Crippen molar-refractivity contribution in [1.82, 2.24) is 5.32 Å². The van der Waals surface area contributed by atoms with E-state index >= 15 is 0 Å². The number of hydrogen-bond acceptors (Lipinski definition) is 8. The average Bonchev–Trinajstić information content (AvgIpc) is 3.38. The molecule has 0 spiro atoms. The standard InChI is InChI=1S/C28H33N3O6/c1-5-13-28(27(34)35-6-2)23-22(24(29-28)17-7-9-18(10-8-17)30(3)4)25(32)31(26(23)33)19-11-12-20-21(16-19)37-15-14-36-20/h7-12,16,22-24,29H,5-6,13-15H2,1-4H3/t22-,23+,24-,28-/m0/s1. The van der Waals surface area contributed by atoms with Gasteiger partial charge in [-0.15, -0.1) is 0 Å². The number of amides is 2. The number of rotatable bonds is 7. The predicted octanol–water partition coefficient (Wildman–Crippen LogP) is 3.08. The minimum absolute atomic E-state index is 0.180. The number of esters is 1. The minimum Gasteiger partial charge on any atom is -0.486 e. The third-order valence-corrected chi connectivity index (χ3v) is 7.49. The summed E-state index contributed by atoms with van der Waals surface area (Å²) < 4.78 is 16.8. The van der Waals surface area contributed by atoms with Crippen molar-refractivity contribution in [3.63, 3.8) is 0 Å². The van der Waals surface area contributed by atoms with E-state index in [-0.39, 0.29) is 12.5 Å². The third kappa shape index (κ3) is 4.01. The molecule has 9 heteroatoms. The molecule has 2 amide bonds. The Morgan fingerprint density at radius 3 is 2.41 bits per heavy atom. The Bertz CT molecular complexity index is 1210. The molecule has 0 aromatic heterocycles. The predicted molar refractivity (Wildman–Crippen MR) is 138 cm³/mol. The Morgan fingerprint density at radius 2 is 1.76 bits per heavy atom. The van der Waals surface area contributed by atoms with Crippen LogP contribution < -0.4 is 24.6 Å². The van der Waals surface area contributed by atoms with Crippen LogP contribution in [-0.4, -0.2) is 57.2 Å². The highest BCUT2D eigenvalue weighted by atomic mass is 16.6. The van der Waals surface area contributed by atoms with Gasteiger partial charge in [0.1, 0.15) is 18.8 Å². The molecule has 2 fully saturated rings. The maximum atomic E-state index is 14.1. The third-order valence-electron chi connectivity index (χ3n) is 7.49. The van der Waals surface area contributed by atoms with Gasteiger partial charge in [0.05, 0.1) is 24.1 Å². The number of anilines is 2. The van der Waals surface area contributed by atoms with Gasteiger partial charge < -0.3 is 19.1 Å². The highest BCUT2D eigenvalue weighted by Crippen LogP contribution is 2.52. The zero-order valence-corrected chi connectivity index (χ0v) is 21.7. The number of hydrogen-bond donors (Lipinski definition) is 1. The first kappa shape index (κ1) is 25.1. The lowest BCUT2D eigenvalue weighted by atomic mass is 9.77. The monoisotopic (exact) mass is 507 g/mol. The van der Waals surface area contributed by atoms with Crippen LogP contribution in [0, 0.1) is 11.8 Å². The number of fused-ring (bicyclic) bond motifs is 2. The second-order valence-corrected chi connectivity index (χ2v) is 9.89. The fourth-order valence-electron chi connectivity index (χ4n) is 5.87. The minimum atomic E-state index is -1.31. The summed E-state index contributed by atoms with van der Waals surface area (Å²) in [7, 11) is 3.91. The summed E-state index contributed by atoms with van der Waals surface area (Å²) in [4.78, 5) is 44.8. The maximum Gasteiger partial charge on any atom is 0.327 e.